The molecule has 0 aromatic heterocycles. The third-order valence-electron chi connectivity index (χ3n) is 3.13. The Bertz CT molecular complexity index is 224. The molecule has 0 aromatic rings. The lowest BCUT2D eigenvalue weighted by molar-refractivity contribution is -0.141. The fourth-order valence-corrected chi connectivity index (χ4v) is 1.80. The quantitative estimate of drug-likeness (QED) is 0.413. The smallest absolute Gasteiger partial charge is 0.306 e. The van der Waals surface area contributed by atoms with Crippen LogP contribution in [0.15, 0.2) is 12.2 Å². The number of allylic oxidation sites excluding steroid dienone is 2. The highest BCUT2D eigenvalue weighted by Gasteiger charge is 2.08. The van der Waals surface area contributed by atoms with Gasteiger partial charge in [0.15, 0.2) is 0 Å². The highest BCUT2D eigenvalue weighted by atomic mass is 16.4. The van der Waals surface area contributed by atoms with Crippen LogP contribution in [0.5, 0.6) is 0 Å². The summed E-state index contributed by atoms with van der Waals surface area (Å²) in [5.41, 5.74) is 0. The van der Waals surface area contributed by atoms with Gasteiger partial charge in [-0.1, -0.05) is 38.3 Å². The molecule has 3 nitrogen and oxygen atoms in total. The molecule has 0 aliphatic carbocycles. The number of hydrogen-bond acceptors (Lipinski definition) is 2. The van der Waals surface area contributed by atoms with Crippen LogP contribution in [0.3, 0.4) is 0 Å². The first kappa shape index (κ1) is 17.2. The van der Waals surface area contributed by atoms with E-state index in [0.717, 1.165) is 44.9 Å². The highest BCUT2D eigenvalue weighted by molar-refractivity contribution is 5.69. The number of unbranched alkanes of at least 4 members (excludes halogenated alkanes) is 6. The fourth-order valence-electron chi connectivity index (χ4n) is 1.80. The lowest BCUT2D eigenvalue weighted by Gasteiger charge is -2.03. The van der Waals surface area contributed by atoms with Crippen molar-refractivity contribution in [2.75, 3.05) is 6.61 Å². The van der Waals surface area contributed by atoms with E-state index in [1.807, 2.05) is 0 Å². The first-order valence-electron chi connectivity index (χ1n) is 7.17. The van der Waals surface area contributed by atoms with Crippen LogP contribution in [0.4, 0.5) is 0 Å². The summed E-state index contributed by atoms with van der Waals surface area (Å²) in [5.74, 6) is -0.895. The molecule has 0 spiro atoms. The molecule has 0 aromatic carbocycles. The Balaban J connectivity index is 3.21. The summed E-state index contributed by atoms with van der Waals surface area (Å²) in [6.45, 7) is 2.08. The molecule has 0 rings (SSSR count). The Morgan fingerprint density at radius 2 is 1.56 bits per heavy atom. The summed E-state index contributed by atoms with van der Waals surface area (Å²) < 4.78 is 0. The minimum Gasteiger partial charge on any atom is -0.481 e. The standard InChI is InChI=1S/C15H28O3/c1-14(15(17)18)12-10-8-6-4-2-3-5-7-9-11-13-16/h2,4,14,16H,3,5-13H2,1H3,(H,17,18). The Hall–Kier alpha value is -0.830. The maximum absolute atomic E-state index is 10.6. The summed E-state index contributed by atoms with van der Waals surface area (Å²) in [5, 5.41) is 17.3. The number of carboxylic acid groups (broad SMARTS) is 1. The largest absolute Gasteiger partial charge is 0.481 e. The summed E-state index contributed by atoms with van der Waals surface area (Å²) in [6.07, 6.45) is 13.9. The number of aliphatic hydroxyl groups excluding tert-OH is 1. The number of carbonyl (C=O) groups is 1. The zero-order valence-corrected chi connectivity index (χ0v) is 11.6. The number of aliphatic hydroxyl groups is 1. The lowest BCUT2D eigenvalue weighted by Crippen LogP contribution is -2.08. The van der Waals surface area contributed by atoms with Crippen LogP contribution in [0.2, 0.25) is 0 Å². The second kappa shape index (κ2) is 12.6. The molecular formula is C15H28O3. The van der Waals surface area contributed by atoms with Gasteiger partial charge in [-0.3, -0.25) is 4.79 Å². The van der Waals surface area contributed by atoms with E-state index in [0.29, 0.717) is 6.61 Å². The molecule has 18 heavy (non-hydrogen) atoms. The van der Waals surface area contributed by atoms with Gasteiger partial charge in [0.1, 0.15) is 0 Å². The minimum absolute atomic E-state index is 0.208. The average molecular weight is 256 g/mol. The van der Waals surface area contributed by atoms with Gasteiger partial charge in [0.05, 0.1) is 5.92 Å². The van der Waals surface area contributed by atoms with Gasteiger partial charge >= 0.3 is 5.97 Å². The van der Waals surface area contributed by atoms with Gasteiger partial charge < -0.3 is 10.2 Å². The van der Waals surface area contributed by atoms with Crippen LogP contribution in [0, 0.1) is 5.92 Å². The number of hydrogen-bond donors (Lipinski definition) is 2. The molecule has 0 bridgehead atoms. The van der Waals surface area contributed by atoms with Crippen LogP contribution in [0.1, 0.15) is 64.7 Å². The van der Waals surface area contributed by atoms with Crippen molar-refractivity contribution in [2.24, 2.45) is 5.92 Å². The van der Waals surface area contributed by atoms with Gasteiger partial charge in [-0.25, -0.2) is 0 Å². The predicted octanol–water partition coefficient (Wildman–Crippen LogP) is 3.77. The van der Waals surface area contributed by atoms with Crippen LogP contribution >= 0.6 is 0 Å². The van der Waals surface area contributed by atoms with Crippen molar-refractivity contribution in [1.82, 2.24) is 0 Å². The molecule has 106 valence electrons. The summed E-state index contributed by atoms with van der Waals surface area (Å²) in [4.78, 5) is 10.6. The molecule has 1 unspecified atom stereocenters. The maximum Gasteiger partial charge on any atom is 0.306 e. The first-order chi connectivity index (χ1) is 8.68. The van der Waals surface area contributed by atoms with Crippen molar-refractivity contribution in [3.05, 3.63) is 12.2 Å². The van der Waals surface area contributed by atoms with Crippen LogP contribution in [0.25, 0.3) is 0 Å². The van der Waals surface area contributed by atoms with E-state index in [1.165, 1.54) is 12.8 Å². The third-order valence-corrected chi connectivity index (χ3v) is 3.13. The van der Waals surface area contributed by atoms with Crippen molar-refractivity contribution in [2.45, 2.75) is 64.7 Å². The SMILES string of the molecule is CC(CCCCC=CCCCCCCO)C(=O)O. The van der Waals surface area contributed by atoms with Crippen LogP contribution in [-0.2, 0) is 4.79 Å². The number of rotatable bonds is 12. The summed E-state index contributed by atoms with van der Waals surface area (Å²) >= 11 is 0. The molecule has 0 radical (unpaired) electrons. The monoisotopic (exact) mass is 256 g/mol. The number of aliphatic carboxylic acids is 1. The van der Waals surface area contributed by atoms with E-state index in [9.17, 15) is 4.79 Å². The maximum atomic E-state index is 10.6. The molecule has 2 N–H and O–H groups in total. The van der Waals surface area contributed by atoms with Gasteiger partial charge in [-0.2, -0.15) is 0 Å². The Morgan fingerprint density at radius 1 is 1.00 bits per heavy atom. The lowest BCUT2D eigenvalue weighted by atomic mass is 10.0. The zero-order valence-electron chi connectivity index (χ0n) is 11.6. The molecule has 3 heteroatoms. The zero-order chi connectivity index (χ0) is 13.6. The Morgan fingerprint density at radius 3 is 2.11 bits per heavy atom. The van der Waals surface area contributed by atoms with Crippen molar-refractivity contribution in [3.63, 3.8) is 0 Å². The average Bonchev–Trinajstić information content (AvgIpc) is 2.35. The molecule has 0 saturated carbocycles. The summed E-state index contributed by atoms with van der Waals surface area (Å²) in [6, 6.07) is 0. The molecule has 0 amide bonds. The molecule has 0 saturated heterocycles. The van der Waals surface area contributed by atoms with Gasteiger partial charge in [0.25, 0.3) is 0 Å². The normalized spacial score (nSPS) is 13.0. The molecule has 0 aliphatic heterocycles. The van der Waals surface area contributed by atoms with E-state index in [4.69, 9.17) is 10.2 Å². The van der Waals surface area contributed by atoms with Crippen molar-refractivity contribution >= 4 is 5.97 Å². The molecule has 0 heterocycles. The second-order valence-electron chi connectivity index (χ2n) is 4.92. The Kier molecular flexibility index (Phi) is 12.0. The highest BCUT2D eigenvalue weighted by Crippen LogP contribution is 2.10. The Labute approximate surface area is 111 Å². The first-order valence-corrected chi connectivity index (χ1v) is 7.17. The van der Waals surface area contributed by atoms with Gasteiger partial charge in [0, 0.05) is 6.61 Å². The van der Waals surface area contributed by atoms with Crippen LogP contribution in [-0.4, -0.2) is 22.8 Å². The van der Waals surface area contributed by atoms with E-state index in [1.54, 1.807) is 6.92 Å². The van der Waals surface area contributed by atoms with E-state index < -0.39 is 5.97 Å². The fraction of sp³-hybridized carbons (Fsp3) is 0.800. The number of carboxylic acids is 1. The molecular weight excluding hydrogens is 228 g/mol. The van der Waals surface area contributed by atoms with Crippen LogP contribution < -0.4 is 0 Å². The van der Waals surface area contributed by atoms with E-state index >= 15 is 0 Å². The van der Waals surface area contributed by atoms with E-state index in [2.05, 4.69) is 12.2 Å². The van der Waals surface area contributed by atoms with Crippen molar-refractivity contribution in [1.29, 1.82) is 0 Å². The van der Waals surface area contributed by atoms with Gasteiger partial charge in [-0.15, -0.1) is 0 Å². The third kappa shape index (κ3) is 11.6. The van der Waals surface area contributed by atoms with Gasteiger partial charge in [0.2, 0.25) is 0 Å². The minimum atomic E-state index is -0.687. The summed E-state index contributed by atoms with van der Waals surface area (Å²) in [7, 11) is 0. The molecule has 0 aliphatic rings. The molecule has 1 atom stereocenters. The van der Waals surface area contributed by atoms with E-state index in [-0.39, 0.29) is 5.92 Å². The second-order valence-corrected chi connectivity index (χ2v) is 4.92. The van der Waals surface area contributed by atoms with Crippen molar-refractivity contribution < 1.29 is 15.0 Å². The topological polar surface area (TPSA) is 57.5 Å². The molecule has 0 fully saturated rings. The van der Waals surface area contributed by atoms with Crippen molar-refractivity contribution in [3.8, 4) is 0 Å². The van der Waals surface area contributed by atoms with Gasteiger partial charge in [-0.05, 0) is 38.5 Å². The predicted molar refractivity (Wildman–Crippen MR) is 74.6 cm³/mol.